The van der Waals surface area contributed by atoms with E-state index in [1.165, 1.54) is 25.3 Å². The minimum atomic E-state index is -4.02. The first-order chi connectivity index (χ1) is 12.3. The Labute approximate surface area is 150 Å². The molecule has 9 nitrogen and oxygen atoms in total. The van der Waals surface area contributed by atoms with E-state index in [0.29, 0.717) is 5.69 Å². The Morgan fingerprint density at radius 1 is 1.04 bits per heavy atom. The number of nitrogens with one attached hydrogen (secondary N) is 3. The van der Waals surface area contributed by atoms with E-state index in [-0.39, 0.29) is 22.9 Å². The summed E-state index contributed by atoms with van der Waals surface area (Å²) in [6.45, 7) is -0.310. The van der Waals surface area contributed by atoms with Gasteiger partial charge in [-0.05, 0) is 30.3 Å². The quantitative estimate of drug-likeness (QED) is 0.596. The van der Waals surface area contributed by atoms with E-state index < -0.39 is 22.0 Å². The Bertz CT molecular complexity index is 900. The van der Waals surface area contributed by atoms with Gasteiger partial charge in [0.15, 0.2) is 0 Å². The predicted molar refractivity (Wildman–Crippen MR) is 96.5 cm³/mol. The van der Waals surface area contributed by atoms with E-state index in [4.69, 9.17) is 9.88 Å². The van der Waals surface area contributed by atoms with Crippen molar-refractivity contribution < 1.29 is 22.7 Å². The van der Waals surface area contributed by atoms with Gasteiger partial charge >= 0.3 is 6.03 Å². The molecule has 0 aromatic heterocycles. The van der Waals surface area contributed by atoms with Crippen LogP contribution in [0.2, 0.25) is 0 Å². The fourth-order valence-electron chi connectivity index (χ4n) is 2.04. The van der Waals surface area contributed by atoms with Gasteiger partial charge in [-0.25, -0.2) is 18.4 Å². The van der Waals surface area contributed by atoms with Crippen LogP contribution in [0.15, 0.2) is 53.4 Å². The third kappa shape index (κ3) is 5.46. The molecule has 26 heavy (non-hydrogen) atoms. The fourth-order valence-corrected chi connectivity index (χ4v) is 2.76. The molecule has 2 rings (SSSR count). The predicted octanol–water partition coefficient (Wildman–Crippen LogP) is 1.10. The van der Waals surface area contributed by atoms with Crippen LogP contribution in [0, 0.1) is 0 Å². The molecular weight excluding hydrogens is 360 g/mol. The van der Waals surface area contributed by atoms with Crippen molar-refractivity contribution in [1.82, 2.24) is 5.32 Å². The lowest BCUT2D eigenvalue weighted by atomic mass is 10.3. The second-order valence-electron chi connectivity index (χ2n) is 5.13. The molecule has 0 saturated carbocycles. The summed E-state index contributed by atoms with van der Waals surface area (Å²) in [6.07, 6.45) is 0. The molecule has 0 radical (unpaired) electrons. The van der Waals surface area contributed by atoms with E-state index in [9.17, 15) is 18.0 Å². The third-order valence-electron chi connectivity index (χ3n) is 3.20. The zero-order valence-electron chi connectivity index (χ0n) is 13.9. The Morgan fingerprint density at radius 2 is 1.73 bits per heavy atom. The number of carbonyl (C=O) groups excluding carboxylic acids is 2. The maximum atomic E-state index is 11.9. The SMILES string of the molecule is COc1ccc(NC(=O)CNC(=O)Nc2ccccc2)cc1S(N)(=O)=O. The largest absolute Gasteiger partial charge is 0.495 e. The van der Waals surface area contributed by atoms with Gasteiger partial charge in [0.25, 0.3) is 0 Å². The molecule has 2 aromatic carbocycles. The number of hydrogen-bond acceptors (Lipinski definition) is 5. The first-order valence-electron chi connectivity index (χ1n) is 7.40. The maximum absolute atomic E-state index is 11.9. The van der Waals surface area contributed by atoms with Crippen LogP contribution in [0.4, 0.5) is 16.2 Å². The lowest BCUT2D eigenvalue weighted by molar-refractivity contribution is -0.115. The van der Waals surface area contributed by atoms with Crippen molar-refractivity contribution in [3.05, 3.63) is 48.5 Å². The van der Waals surface area contributed by atoms with Gasteiger partial charge in [0, 0.05) is 11.4 Å². The summed E-state index contributed by atoms with van der Waals surface area (Å²) in [5.41, 5.74) is 0.781. The number of carbonyl (C=O) groups is 2. The monoisotopic (exact) mass is 378 g/mol. The number of ether oxygens (including phenoxy) is 1. The van der Waals surface area contributed by atoms with Crippen LogP contribution in [0.25, 0.3) is 0 Å². The Balaban J connectivity index is 1.94. The molecule has 0 aliphatic rings. The number of urea groups is 1. The van der Waals surface area contributed by atoms with Crippen molar-refractivity contribution in [2.24, 2.45) is 5.14 Å². The van der Waals surface area contributed by atoms with Crippen LogP contribution in [-0.2, 0) is 14.8 Å². The number of anilines is 2. The first-order valence-corrected chi connectivity index (χ1v) is 8.95. The van der Waals surface area contributed by atoms with Crippen molar-refractivity contribution >= 4 is 33.3 Å². The molecule has 0 aliphatic carbocycles. The number of sulfonamides is 1. The van der Waals surface area contributed by atoms with E-state index >= 15 is 0 Å². The molecule has 3 amide bonds. The van der Waals surface area contributed by atoms with Crippen LogP contribution in [-0.4, -0.2) is 34.0 Å². The van der Waals surface area contributed by atoms with Crippen LogP contribution in [0.3, 0.4) is 0 Å². The van der Waals surface area contributed by atoms with Crippen LogP contribution in [0.5, 0.6) is 5.75 Å². The fraction of sp³-hybridized carbons (Fsp3) is 0.125. The number of hydrogen-bond donors (Lipinski definition) is 4. The van der Waals surface area contributed by atoms with Crippen molar-refractivity contribution in [3.8, 4) is 5.75 Å². The van der Waals surface area contributed by atoms with Gasteiger partial charge in [-0.1, -0.05) is 18.2 Å². The molecule has 0 unspecified atom stereocenters. The highest BCUT2D eigenvalue weighted by atomic mass is 32.2. The van der Waals surface area contributed by atoms with Crippen molar-refractivity contribution in [3.63, 3.8) is 0 Å². The maximum Gasteiger partial charge on any atom is 0.319 e. The highest BCUT2D eigenvalue weighted by Crippen LogP contribution is 2.25. The number of methoxy groups -OCH3 is 1. The Kier molecular flexibility index (Phi) is 6.15. The summed E-state index contributed by atoms with van der Waals surface area (Å²) >= 11 is 0. The van der Waals surface area contributed by atoms with Crippen LogP contribution >= 0.6 is 0 Å². The van der Waals surface area contributed by atoms with Crippen molar-refractivity contribution in [1.29, 1.82) is 0 Å². The van der Waals surface area contributed by atoms with Crippen LogP contribution < -0.4 is 25.8 Å². The number of nitrogens with two attached hydrogens (primary N) is 1. The average molecular weight is 378 g/mol. The molecule has 2 aromatic rings. The number of benzene rings is 2. The topological polar surface area (TPSA) is 140 Å². The van der Waals surface area contributed by atoms with Gasteiger partial charge in [-0.15, -0.1) is 0 Å². The molecule has 10 heteroatoms. The third-order valence-corrected chi connectivity index (χ3v) is 4.13. The first kappa shape index (κ1) is 19.2. The Hall–Kier alpha value is -3.11. The van der Waals surface area contributed by atoms with E-state index in [2.05, 4.69) is 16.0 Å². The minimum absolute atomic E-state index is 0.0610. The standard InChI is InChI=1S/C16H18N4O5S/c1-25-13-8-7-12(9-14(13)26(17,23)24)19-15(21)10-18-16(22)20-11-5-3-2-4-6-11/h2-9H,10H2,1H3,(H,19,21)(H2,17,23,24)(H2,18,20,22). The van der Waals surface area contributed by atoms with Crippen molar-refractivity contribution in [2.45, 2.75) is 4.90 Å². The van der Waals surface area contributed by atoms with Gasteiger partial charge in [0.1, 0.15) is 10.6 Å². The second kappa shape index (κ2) is 8.32. The van der Waals surface area contributed by atoms with Gasteiger partial charge in [0.05, 0.1) is 13.7 Å². The summed E-state index contributed by atoms with van der Waals surface area (Å²) in [7, 11) is -2.72. The summed E-state index contributed by atoms with van der Waals surface area (Å²) < 4.78 is 28.0. The Morgan fingerprint density at radius 3 is 2.35 bits per heavy atom. The number of rotatable bonds is 6. The summed E-state index contributed by atoms with van der Waals surface area (Å²) in [5.74, 6) is -0.482. The van der Waals surface area contributed by atoms with Crippen LogP contribution in [0.1, 0.15) is 0 Å². The smallest absolute Gasteiger partial charge is 0.319 e. The molecule has 0 saturated heterocycles. The molecule has 0 aliphatic heterocycles. The van der Waals surface area contributed by atoms with Gasteiger partial charge in [0.2, 0.25) is 15.9 Å². The summed E-state index contributed by atoms with van der Waals surface area (Å²) in [4.78, 5) is 23.4. The molecule has 0 spiro atoms. The highest BCUT2D eigenvalue weighted by Gasteiger charge is 2.16. The zero-order valence-corrected chi connectivity index (χ0v) is 14.7. The van der Waals surface area contributed by atoms with E-state index in [1.54, 1.807) is 30.3 Å². The number of primary sulfonamides is 1. The molecule has 0 bridgehead atoms. The van der Waals surface area contributed by atoms with Gasteiger partial charge in [-0.3, -0.25) is 4.79 Å². The van der Waals surface area contributed by atoms with E-state index in [0.717, 1.165) is 0 Å². The normalized spacial score (nSPS) is 10.7. The molecule has 0 heterocycles. The van der Waals surface area contributed by atoms with Gasteiger partial charge < -0.3 is 20.7 Å². The number of amides is 3. The molecule has 138 valence electrons. The summed E-state index contributed by atoms with van der Waals surface area (Å²) in [5, 5.41) is 12.5. The average Bonchev–Trinajstić information content (AvgIpc) is 2.60. The molecule has 0 atom stereocenters. The van der Waals surface area contributed by atoms with E-state index in [1.807, 2.05) is 0 Å². The van der Waals surface area contributed by atoms with Gasteiger partial charge in [-0.2, -0.15) is 0 Å². The lowest BCUT2D eigenvalue weighted by Crippen LogP contribution is -2.35. The molecule has 0 fully saturated rings. The second-order valence-corrected chi connectivity index (χ2v) is 6.66. The highest BCUT2D eigenvalue weighted by molar-refractivity contribution is 7.89. The molecular formula is C16H18N4O5S. The van der Waals surface area contributed by atoms with Crippen molar-refractivity contribution in [2.75, 3.05) is 24.3 Å². The lowest BCUT2D eigenvalue weighted by Gasteiger charge is -2.11. The summed E-state index contributed by atoms with van der Waals surface area (Å²) in [6, 6.07) is 12.2. The zero-order chi connectivity index (χ0) is 19.2. The molecule has 5 N–H and O–H groups in total. The number of para-hydroxylation sites is 1. The minimum Gasteiger partial charge on any atom is -0.495 e.